The van der Waals surface area contributed by atoms with E-state index >= 15 is 0 Å². The number of hydrogen-bond donors (Lipinski definition) is 0. The predicted octanol–water partition coefficient (Wildman–Crippen LogP) is 5.92. The summed E-state index contributed by atoms with van der Waals surface area (Å²) in [6.45, 7) is 8.22. The van der Waals surface area contributed by atoms with Crippen molar-refractivity contribution < 1.29 is 4.74 Å². The van der Waals surface area contributed by atoms with Crippen LogP contribution < -0.4 is 0 Å². The maximum absolute atomic E-state index is 5.78. The van der Waals surface area contributed by atoms with E-state index in [9.17, 15) is 0 Å². The third kappa shape index (κ3) is 6.00. The molecule has 3 heteroatoms. The van der Waals surface area contributed by atoms with E-state index in [-0.39, 0.29) is 0 Å². The van der Waals surface area contributed by atoms with E-state index in [1.165, 1.54) is 38.5 Å². The Balaban J connectivity index is 2.34. The molecule has 0 radical (unpaired) electrons. The Kier molecular flexibility index (Phi) is 8.66. The van der Waals surface area contributed by atoms with E-state index in [2.05, 4.69) is 60.9 Å². The highest BCUT2D eigenvalue weighted by Crippen LogP contribution is 2.34. The van der Waals surface area contributed by atoms with Gasteiger partial charge in [0.1, 0.15) is 12.0 Å². The van der Waals surface area contributed by atoms with Crippen molar-refractivity contribution in [2.75, 3.05) is 14.1 Å². The van der Waals surface area contributed by atoms with Crippen molar-refractivity contribution >= 4 is 0 Å². The van der Waals surface area contributed by atoms with Crippen LogP contribution in [-0.2, 0) is 4.74 Å². The smallest absolute Gasteiger partial charge is 0.143 e. The van der Waals surface area contributed by atoms with Gasteiger partial charge >= 0.3 is 0 Å². The zero-order valence-electron chi connectivity index (χ0n) is 17.5. The molecule has 0 bridgehead atoms. The van der Waals surface area contributed by atoms with Crippen LogP contribution in [0.4, 0.5) is 0 Å². The topological polar surface area (TPSA) is 15.7 Å². The van der Waals surface area contributed by atoms with E-state index in [1.807, 2.05) is 32.3 Å². The Labute approximate surface area is 166 Å². The summed E-state index contributed by atoms with van der Waals surface area (Å²) in [5.74, 6) is 0.725. The van der Waals surface area contributed by atoms with Crippen molar-refractivity contribution in [3.8, 4) is 0 Å². The van der Waals surface area contributed by atoms with Crippen LogP contribution in [0.1, 0.15) is 52.4 Å². The Morgan fingerprint density at radius 2 is 1.78 bits per heavy atom. The summed E-state index contributed by atoms with van der Waals surface area (Å²) in [7, 11) is 4.42. The maximum Gasteiger partial charge on any atom is 0.143 e. The molecular formula is C24H36N2O. The molecule has 0 spiro atoms. The van der Waals surface area contributed by atoms with E-state index in [4.69, 9.17) is 4.74 Å². The van der Waals surface area contributed by atoms with Gasteiger partial charge in [0, 0.05) is 12.1 Å². The molecule has 0 amide bonds. The molecule has 148 valence electrons. The van der Waals surface area contributed by atoms with Crippen LogP contribution in [0.3, 0.4) is 0 Å². The van der Waals surface area contributed by atoms with E-state index in [0.717, 1.165) is 17.2 Å². The van der Waals surface area contributed by atoms with Gasteiger partial charge in [-0.25, -0.2) is 0 Å². The Hall–Kier alpha value is -2.00. The number of rotatable bonds is 5. The summed E-state index contributed by atoms with van der Waals surface area (Å²) in [4.78, 5) is 4.84. The first-order valence-electron chi connectivity index (χ1n) is 10.2. The quantitative estimate of drug-likeness (QED) is 0.560. The summed E-state index contributed by atoms with van der Waals surface area (Å²) >= 11 is 0. The Morgan fingerprint density at radius 1 is 1.04 bits per heavy atom. The van der Waals surface area contributed by atoms with Crippen molar-refractivity contribution in [2.45, 2.75) is 64.5 Å². The molecule has 27 heavy (non-hydrogen) atoms. The van der Waals surface area contributed by atoms with Gasteiger partial charge in [-0.3, -0.25) is 0 Å². The molecule has 0 saturated heterocycles. The lowest BCUT2D eigenvalue weighted by molar-refractivity contribution is 0.176. The molecule has 2 atom stereocenters. The van der Waals surface area contributed by atoms with Crippen molar-refractivity contribution in [1.82, 2.24) is 9.80 Å². The highest BCUT2D eigenvalue weighted by Gasteiger charge is 2.30. The van der Waals surface area contributed by atoms with Crippen molar-refractivity contribution in [1.29, 1.82) is 0 Å². The fraction of sp³-hybridized carbons (Fsp3) is 0.500. The van der Waals surface area contributed by atoms with Crippen molar-refractivity contribution in [2.24, 2.45) is 0 Å². The van der Waals surface area contributed by atoms with Crippen LogP contribution in [0.5, 0.6) is 0 Å². The molecule has 1 heterocycles. The van der Waals surface area contributed by atoms with Gasteiger partial charge in [0.2, 0.25) is 0 Å². The lowest BCUT2D eigenvalue weighted by Crippen LogP contribution is -2.39. The highest BCUT2D eigenvalue weighted by atomic mass is 16.5. The summed E-state index contributed by atoms with van der Waals surface area (Å²) in [6, 6.07) is 1.14. The summed E-state index contributed by atoms with van der Waals surface area (Å²) < 4.78 is 5.78. The van der Waals surface area contributed by atoms with Crippen molar-refractivity contribution in [3.63, 3.8) is 0 Å². The molecule has 0 aromatic heterocycles. The second-order valence-electron chi connectivity index (χ2n) is 7.55. The molecular weight excluding hydrogens is 332 g/mol. The lowest BCUT2D eigenvalue weighted by Gasteiger charge is -2.40. The fourth-order valence-electron chi connectivity index (χ4n) is 3.88. The van der Waals surface area contributed by atoms with Gasteiger partial charge in [0.25, 0.3) is 0 Å². The minimum Gasteiger partial charge on any atom is -0.461 e. The summed E-state index contributed by atoms with van der Waals surface area (Å²) in [6.07, 6.45) is 23.9. The summed E-state index contributed by atoms with van der Waals surface area (Å²) in [5, 5.41) is 0. The minimum absolute atomic E-state index is 0.464. The predicted molar refractivity (Wildman–Crippen MR) is 116 cm³/mol. The second-order valence-corrected chi connectivity index (χ2v) is 7.55. The van der Waals surface area contributed by atoms with Gasteiger partial charge < -0.3 is 14.5 Å². The molecule has 0 aromatic rings. The van der Waals surface area contributed by atoms with Crippen LogP contribution in [0, 0.1) is 0 Å². The molecule has 0 N–H and O–H groups in total. The minimum atomic E-state index is 0.464. The molecule has 1 fully saturated rings. The second kappa shape index (κ2) is 11.0. The Bertz CT molecular complexity index is 637. The van der Waals surface area contributed by atoms with Gasteiger partial charge in [0.05, 0.1) is 11.4 Å². The van der Waals surface area contributed by atoms with Crippen LogP contribution in [0.25, 0.3) is 0 Å². The van der Waals surface area contributed by atoms with Gasteiger partial charge in [-0.05, 0) is 65.8 Å². The first-order chi connectivity index (χ1) is 13.1. The molecule has 1 aliphatic carbocycles. The first-order valence-corrected chi connectivity index (χ1v) is 10.2. The number of ether oxygens (including phenoxy) is 1. The molecule has 1 saturated carbocycles. The maximum atomic E-state index is 5.78. The molecule has 2 unspecified atom stereocenters. The van der Waals surface area contributed by atoms with Gasteiger partial charge in [-0.15, -0.1) is 0 Å². The third-order valence-electron chi connectivity index (χ3n) is 5.42. The normalized spacial score (nSPS) is 26.9. The fourth-order valence-corrected chi connectivity index (χ4v) is 3.88. The zero-order chi connectivity index (χ0) is 19.6. The van der Waals surface area contributed by atoms with E-state index in [1.54, 1.807) is 0 Å². The van der Waals surface area contributed by atoms with Crippen molar-refractivity contribution in [3.05, 3.63) is 72.5 Å². The largest absolute Gasteiger partial charge is 0.461 e. The average Bonchev–Trinajstić information content (AvgIpc) is 2.62. The van der Waals surface area contributed by atoms with Crippen LogP contribution in [-0.4, -0.2) is 36.0 Å². The number of nitrogens with zero attached hydrogens (tertiary/aromatic N) is 2. The standard InChI is InChI=1S/C24H36N2O/c1-6-8-10-15-23-19-27-20(3)24(16-9-7-2)26(23)22-14-12-11-13-21(17-18-22)25(4)5/h6-10,15-16,19,21-22H,3,11-14,17-18H2,1-2,4-5H3/b8-6-,9-7-,15-10-,24-16+. The third-order valence-corrected chi connectivity index (χ3v) is 5.42. The average molecular weight is 369 g/mol. The van der Waals surface area contributed by atoms with Gasteiger partial charge in [-0.1, -0.05) is 49.8 Å². The number of allylic oxidation sites excluding steroid dienone is 7. The van der Waals surface area contributed by atoms with Crippen LogP contribution in [0.2, 0.25) is 0 Å². The van der Waals surface area contributed by atoms with Crippen LogP contribution in [0.15, 0.2) is 72.5 Å². The zero-order valence-corrected chi connectivity index (χ0v) is 17.5. The molecule has 2 aliphatic rings. The highest BCUT2D eigenvalue weighted by molar-refractivity contribution is 5.38. The van der Waals surface area contributed by atoms with Gasteiger partial charge in [-0.2, -0.15) is 0 Å². The molecule has 3 nitrogen and oxygen atoms in total. The van der Waals surface area contributed by atoms with Crippen LogP contribution >= 0.6 is 0 Å². The molecule has 0 aromatic carbocycles. The Morgan fingerprint density at radius 3 is 2.48 bits per heavy atom. The van der Waals surface area contributed by atoms with Gasteiger partial charge in [0.15, 0.2) is 0 Å². The first kappa shape index (κ1) is 21.3. The lowest BCUT2D eigenvalue weighted by atomic mass is 9.91. The summed E-state index contributed by atoms with van der Waals surface area (Å²) in [5.41, 5.74) is 2.17. The monoisotopic (exact) mass is 368 g/mol. The molecule has 2 rings (SSSR count). The van der Waals surface area contributed by atoms with E-state index in [0.29, 0.717) is 12.1 Å². The molecule has 1 aliphatic heterocycles. The number of hydrogen-bond acceptors (Lipinski definition) is 3. The van der Waals surface area contributed by atoms with E-state index < -0.39 is 0 Å². The SMILES string of the molecule is C=C1OC=C(/C=C\C=C/C)N(C2CCCCC(N(C)C)CC2)/C1=C/C=C\C.